The fraction of sp³-hybridized carbons (Fsp3) is 0.737. The minimum Gasteiger partial charge on any atom is -0.458 e. The zero-order valence-electron chi connectivity index (χ0n) is 18.4. The van der Waals surface area contributed by atoms with Gasteiger partial charge in [0.15, 0.2) is 0 Å². The highest BCUT2D eigenvalue weighted by molar-refractivity contribution is 5.94. The predicted octanol–water partition coefficient (Wildman–Crippen LogP) is 3.76. The predicted molar refractivity (Wildman–Crippen MR) is 99.7 cm³/mol. The number of carbonyl (C=O) groups excluding carboxylic acids is 3. The number of likely N-dealkylation sites (N-methyl/N-ethyl adjacent to an activating group) is 1. The maximum absolute atomic E-state index is 12.7. The molecular weight excluding hydrogens is 434 g/mol. The Kier molecular flexibility index (Phi) is 9.60. The summed E-state index contributed by atoms with van der Waals surface area (Å²) in [7, 11) is 0.911. The zero-order chi connectivity index (χ0) is 24.9. The molecule has 0 fully saturated rings. The molecule has 0 aromatic carbocycles. The van der Waals surface area contributed by atoms with E-state index >= 15 is 0 Å². The molecule has 0 saturated carbocycles. The topological polar surface area (TPSA) is 75.7 Å². The van der Waals surface area contributed by atoms with Crippen LogP contribution in [0.5, 0.6) is 0 Å². The molecule has 6 nitrogen and oxygen atoms in total. The van der Waals surface area contributed by atoms with Crippen molar-refractivity contribution in [1.82, 2.24) is 10.2 Å². The number of esters is 1. The molecule has 31 heavy (non-hydrogen) atoms. The second-order valence-electron chi connectivity index (χ2n) is 8.41. The lowest BCUT2D eigenvalue weighted by Crippen LogP contribution is -2.52. The van der Waals surface area contributed by atoms with Crippen molar-refractivity contribution in [3.05, 3.63) is 11.6 Å². The van der Waals surface area contributed by atoms with Crippen LogP contribution in [0.2, 0.25) is 0 Å². The normalized spacial score (nSPS) is 14.5. The molecule has 0 aliphatic carbocycles. The van der Waals surface area contributed by atoms with Crippen LogP contribution >= 0.6 is 0 Å². The lowest BCUT2D eigenvalue weighted by molar-refractivity contribution is -0.173. The number of carbonyl (C=O) groups is 3. The molecular formula is C19H28F6N2O4. The molecule has 0 spiro atoms. The Balaban J connectivity index is 5.73. The molecule has 0 aliphatic rings. The lowest BCUT2D eigenvalue weighted by Gasteiger charge is -2.30. The summed E-state index contributed by atoms with van der Waals surface area (Å²) in [5.74, 6) is -3.63. The number of alkyl halides is 6. The minimum absolute atomic E-state index is 0.0731. The van der Waals surface area contributed by atoms with E-state index in [1.165, 1.54) is 6.92 Å². The van der Waals surface area contributed by atoms with Gasteiger partial charge in [0, 0.05) is 13.1 Å². The number of hydrogen-bond donors (Lipinski definition) is 1. The molecule has 0 aromatic heterocycles. The Morgan fingerprint density at radius 2 is 1.42 bits per heavy atom. The average Bonchev–Trinajstić information content (AvgIpc) is 2.52. The maximum Gasteiger partial charge on any atom is 0.421 e. The maximum atomic E-state index is 12.7. The summed E-state index contributed by atoms with van der Waals surface area (Å²) < 4.78 is 81.4. The van der Waals surface area contributed by atoms with Crippen LogP contribution in [0.25, 0.3) is 0 Å². The summed E-state index contributed by atoms with van der Waals surface area (Å²) in [5.41, 5.74) is -3.83. The summed E-state index contributed by atoms with van der Waals surface area (Å²) in [5, 5.41) is 2.28. The molecule has 2 amide bonds. The lowest BCUT2D eigenvalue weighted by atomic mass is 10.0. The smallest absolute Gasteiger partial charge is 0.421 e. The molecule has 0 saturated heterocycles. The van der Waals surface area contributed by atoms with E-state index in [1.54, 1.807) is 34.6 Å². The van der Waals surface area contributed by atoms with Crippen LogP contribution in [0, 0.1) is 5.92 Å². The summed E-state index contributed by atoms with van der Waals surface area (Å²) in [4.78, 5) is 37.3. The monoisotopic (exact) mass is 462 g/mol. The van der Waals surface area contributed by atoms with Crippen LogP contribution in [0.15, 0.2) is 11.6 Å². The van der Waals surface area contributed by atoms with Gasteiger partial charge in [-0.2, -0.15) is 26.3 Å². The van der Waals surface area contributed by atoms with Gasteiger partial charge in [-0.25, -0.2) is 4.79 Å². The van der Waals surface area contributed by atoms with Gasteiger partial charge in [-0.05, 0) is 40.0 Å². The highest BCUT2D eigenvalue weighted by Crippen LogP contribution is 2.38. The fourth-order valence-corrected chi connectivity index (χ4v) is 2.35. The molecule has 0 unspecified atom stereocenters. The van der Waals surface area contributed by atoms with Crippen LogP contribution < -0.4 is 5.32 Å². The van der Waals surface area contributed by atoms with Crippen molar-refractivity contribution in [2.75, 3.05) is 7.05 Å². The SMILES string of the molecule is CC(C)C[C@@H](C(=O)N[C@@H](C)C(=O)OC(C)(C)C)N(C)C(=O)C=C(C(F)(F)F)C(F)(F)F. The third-order valence-corrected chi connectivity index (χ3v) is 3.81. The Labute approximate surface area is 177 Å². The zero-order valence-corrected chi connectivity index (χ0v) is 18.4. The molecule has 180 valence electrons. The van der Waals surface area contributed by atoms with E-state index in [0.717, 1.165) is 7.05 Å². The van der Waals surface area contributed by atoms with Crippen molar-refractivity contribution in [2.45, 2.75) is 78.0 Å². The number of allylic oxidation sites excluding steroid dienone is 1. The van der Waals surface area contributed by atoms with Gasteiger partial charge >= 0.3 is 18.3 Å². The quantitative estimate of drug-likeness (QED) is 0.355. The van der Waals surface area contributed by atoms with E-state index in [-0.39, 0.29) is 12.3 Å². The Morgan fingerprint density at radius 3 is 1.77 bits per heavy atom. The van der Waals surface area contributed by atoms with E-state index in [2.05, 4.69) is 5.32 Å². The third kappa shape index (κ3) is 10.1. The molecule has 0 rings (SSSR count). The van der Waals surface area contributed by atoms with E-state index in [4.69, 9.17) is 4.74 Å². The third-order valence-electron chi connectivity index (χ3n) is 3.81. The van der Waals surface area contributed by atoms with Gasteiger partial charge in [0.25, 0.3) is 0 Å². The van der Waals surface area contributed by atoms with Crippen molar-refractivity contribution in [2.24, 2.45) is 5.92 Å². The summed E-state index contributed by atoms with van der Waals surface area (Å²) in [6.45, 7) is 9.37. The average molecular weight is 462 g/mol. The second kappa shape index (κ2) is 10.4. The van der Waals surface area contributed by atoms with Gasteiger partial charge in [-0.3, -0.25) is 9.59 Å². The second-order valence-corrected chi connectivity index (χ2v) is 8.41. The Hall–Kier alpha value is -2.27. The first-order chi connectivity index (χ1) is 13.7. The number of ether oxygens (including phenoxy) is 1. The number of amides is 2. The Morgan fingerprint density at radius 1 is 0.968 bits per heavy atom. The van der Waals surface area contributed by atoms with Gasteiger partial charge in [-0.15, -0.1) is 0 Å². The van der Waals surface area contributed by atoms with E-state index in [0.29, 0.717) is 4.90 Å². The van der Waals surface area contributed by atoms with Gasteiger partial charge < -0.3 is 15.0 Å². The summed E-state index contributed by atoms with van der Waals surface area (Å²) in [6, 6.07) is -2.59. The van der Waals surface area contributed by atoms with E-state index in [1.807, 2.05) is 0 Å². The Bertz CT molecular complexity index is 677. The van der Waals surface area contributed by atoms with E-state index in [9.17, 15) is 40.7 Å². The van der Waals surface area contributed by atoms with Gasteiger partial charge in [0.1, 0.15) is 23.3 Å². The van der Waals surface area contributed by atoms with Crippen LogP contribution in [-0.2, 0) is 19.1 Å². The van der Waals surface area contributed by atoms with Crippen molar-refractivity contribution < 1.29 is 45.5 Å². The van der Waals surface area contributed by atoms with Crippen LogP contribution in [0.4, 0.5) is 26.3 Å². The molecule has 12 heteroatoms. The van der Waals surface area contributed by atoms with Gasteiger partial charge in [-0.1, -0.05) is 13.8 Å². The van der Waals surface area contributed by atoms with Crippen LogP contribution in [0.3, 0.4) is 0 Å². The number of halogens is 6. The molecule has 0 heterocycles. The van der Waals surface area contributed by atoms with Crippen LogP contribution in [-0.4, -0.2) is 59.8 Å². The first kappa shape index (κ1) is 28.7. The molecule has 0 aliphatic heterocycles. The van der Waals surface area contributed by atoms with Gasteiger partial charge in [0.2, 0.25) is 11.8 Å². The number of nitrogens with one attached hydrogen (secondary N) is 1. The van der Waals surface area contributed by atoms with E-state index < -0.39 is 59.5 Å². The molecule has 1 N–H and O–H groups in total. The van der Waals surface area contributed by atoms with Crippen molar-refractivity contribution in [3.8, 4) is 0 Å². The standard InChI is InChI=1S/C19H28F6N2O4/c1-10(2)8-12(15(29)26-11(3)16(30)31-17(4,5)6)27(7)14(28)9-13(18(20,21)22)19(23,24)25/h9-12H,8H2,1-7H3,(H,26,29)/t11-,12-/m0/s1. The van der Waals surface area contributed by atoms with Crippen molar-refractivity contribution in [1.29, 1.82) is 0 Å². The highest BCUT2D eigenvalue weighted by Gasteiger charge is 2.51. The molecule has 0 aromatic rings. The van der Waals surface area contributed by atoms with Gasteiger partial charge in [0.05, 0.1) is 0 Å². The largest absolute Gasteiger partial charge is 0.458 e. The summed E-state index contributed by atoms with van der Waals surface area (Å²) in [6.07, 6.45) is -12.3. The first-order valence-corrected chi connectivity index (χ1v) is 9.33. The summed E-state index contributed by atoms with van der Waals surface area (Å²) >= 11 is 0. The number of hydrogen-bond acceptors (Lipinski definition) is 4. The molecule has 0 bridgehead atoms. The molecule has 2 atom stereocenters. The number of nitrogens with zero attached hydrogens (tertiary/aromatic N) is 1. The minimum atomic E-state index is -5.81. The molecule has 0 radical (unpaired) electrons. The highest BCUT2D eigenvalue weighted by atomic mass is 19.4. The number of rotatable bonds is 7. The fourth-order valence-electron chi connectivity index (χ4n) is 2.35. The van der Waals surface area contributed by atoms with Crippen LogP contribution in [0.1, 0.15) is 48.0 Å². The van der Waals surface area contributed by atoms with Crippen molar-refractivity contribution >= 4 is 17.8 Å². The van der Waals surface area contributed by atoms with Crippen molar-refractivity contribution in [3.63, 3.8) is 0 Å². The first-order valence-electron chi connectivity index (χ1n) is 9.33.